The number of carbonyl (C=O) groups is 2. The molecule has 20 heavy (non-hydrogen) atoms. The first-order chi connectivity index (χ1) is 9.17. The number of rotatable bonds is 8. The van der Waals surface area contributed by atoms with Crippen molar-refractivity contribution in [1.82, 2.24) is 0 Å². The van der Waals surface area contributed by atoms with Crippen LogP contribution in [0.15, 0.2) is 12.2 Å². The van der Waals surface area contributed by atoms with Gasteiger partial charge >= 0.3 is 19.5 Å². The summed E-state index contributed by atoms with van der Waals surface area (Å²) >= 11 is 0. The second-order valence-corrected chi connectivity index (χ2v) is 6.29. The fraction of sp³-hybridized carbons (Fsp3) is 0.667. The molecule has 0 radical (unpaired) electrons. The number of hydrogen-bond donors (Lipinski definition) is 2. The summed E-state index contributed by atoms with van der Waals surface area (Å²) < 4.78 is 11.0. The first-order valence-corrected chi connectivity index (χ1v) is 8.10. The smallest absolute Gasteiger partial charge is 0.324 e. The third-order valence-corrected chi connectivity index (χ3v) is 3.41. The van der Waals surface area contributed by atoms with Crippen molar-refractivity contribution >= 4 is 19.5 Å². The zero-order valence-corrected chi connectivity index (χ0v) is 12.6. The molecule has 0 bridgehead atoms. The molecule has 0 amide bonds. The molecule has 0 aromatic carbocycles. The van der Waals surface area contributed by atoms with Crippen LogP contribution in [0.1, 0.15) is 39.5 Å². The Hall–Kier alpha value is -1.17. The number of unbranched alkanes of at least 4 members (excludes halogenated alkanes) is 2. The van der Waals surface area contributed by atoms with Crippen molar-refractivity contribution in [3.05, 3.63) is 12.2 Å². The topological polar surface area (TPSA) is 110 Å². The van der Waals surface area contributed by atoms with E-state index in [9.17, 15) is 14.2 Å². The molecule has 0 aliphatic heterocycles. The van der Waals surface area contributed by atoms with E-state index in [1.165, 1.54) is 6.92 Å². The Balaban J connectivity index is 4.50. The minimum absolute atomic E-state index is 0.0512. The van der Waals surface area contributed by atoms with Crippen LogP contribution in [0.4, 0.5) is 0 Å². The molecule has 0 aromatic rings. The van der Waals surface area contributed by atoms with Crippen molar-refractivity contribution in [2.45, 2.75) is 39.5 Å². The molecule has 0 fully saturated rings. The fourth-order valence-electron chi connectivity index (χ4n) is 1.43. The van der Waals surface area contributed by atoms with Gasteiger partial charge in [-0.2, -0.15) is 0 Å². The maximum absolute atomic E-state index is 11.7. The van der Waals surface area contributed by atoms with Crippen LogP contribution in [0.2, 0.25) is 0 Å². The summed E-state index contributed by atoms with van der Waals surface area (Å²) in [4.78, 5) is 49.2. The molecule has 1 unspecified atom stereocenters. The molecule has 116 valence electrons. The highest BCUT2D eigenvalue weighted by Crippen LogP contribution is 2.38. The molecule has 2 N–H and O–H groups in total. The van der Waals surface area contributed by atoms with Gasteiger partial charge in [0.1, 0.15) is 0 Å². The first kappa shape index (κ1) is 18.8. The van der Waals surface area contributed by atoms with E-state index in [-0.39, 0.29) is 12.0 Å². The van der Waals surface area contributed by atoms with Crippen molar-refractivity contribution in [3.63, 3.8) is 0 Å². The van der Waals surface area contributed by atoms with Crippen molar-refractivity contribution in [2.24, 2.45) is 5.92 Å². The lowest BCUT2D eigenvalue weighted by atomic mass is 10.0. The maximum atomic E-state index is 11.7. The summed E-state index contributed by atoms with van der Waals surface area (Å²) in [5, 5.41) is 0. The van der Waals surface area contributed by atoms with Crippen LogP contribution < -0.4 is 0 Å². The summed E-state index contributed by atoms with van der Waals surface area (Å²) in [5.41, 5.74) is 0.0512. The SMILES string of the molecule is C=C(C)C(=O)OOC(=O)C(CCCCC)CP(=O)(O)O. The highest BCUT2D eigenvalue weighted by molar-refractivity contribution is 7.51. The highest BCUT2D eigenvalue weighted by Gasteiger charge is 2.30. The van der Waals surface area contributed by atoms with Gasteiger partial charge in [-0.15, -0.1) is 0 Å². The molecule has 0 aliphatic rings. The van der Waals surface area contributed by atoms with Gasteiger partial charge in [-0.25, -0.2) is 19.4 Å². The standard InChI is InChI=1S/C12H21O7P/c1-4-5-6-7-10(8-20(15,16)17)12(14)19-18-11(13)9(2)3/h10H,2,4-8H2,1,3H3,(H2,15,16,17). The maximum Gasteiger partial charge on any atom is 0.381 e. The van der Waals surface area contributed by atoms with Crippen molar-refractivity contribution < 1.29 is 33.7 Å². The Labute approximate surface area is 118 Å². The van der Waals surface area contributed by atoms with E-state index in [2.05, 4.69) is 16.4 Å². The lowest BCUT2D eigenvalue weighted by Crippen LogP contribution is -2.23. The van der Waals surface area contributed by atoms with Crippen molar-refractivity contribution in [2.75, 3.05) is 6.16 Å². The van der Waals surface area contributed by atoms with Gasteiger partial charge in [0.05, 0.1) is 12.1 Å². The van der Waals surface area contributed by atoms with Crippen molar-refractivity contribution in [1.29, 1.82) is 0 Å². The van der Waals surface area contributed by atoms with Crippen LogP contribution in [0.25, 0.3) is 0 Å². The first-order valence-electron chi connectivity index (χ1n) is 6.30. The van der Waals surface area contributed by atoms with E-state index in [0.717, 1.165) is 12.8 Å². The van der Waals surface area contributed by atoms with Gasteiger partial charge in [0.15, 0.2) is 0 Å². The van der Waals surface area contributed by atoms with Crippen LogP contribution in [-0.2, 0) is 23.9 Å². The Morgan fingerprint density at radius 2 is 1.85 bits per heavy atom. The normalized spacial score (nSPS) is 12.6. The van der Waals surface area contributed by atoms with Crippen LogP contribution in [0, 0.1) is 5.92 Å². The van der Waals surface area contributed by atoms with Gasteiger partial charge in [-0.3, -0.25) is 4.57 Å². The third kappa shape index (κ3) is 8.85. The van der Waals surface area contributed by atoms with E-state index in [1.54, 1.807) is 0 Å². The van der Waals surface area contributed by atoms with Gasteiger partial charge in [0.25, 0.3) is 0 Å². The quantitative estimate of drug-likeness (QED) is 0.232. The van der Waals surface area contributed by atoms with Crippen LogP contribution >= 0.6 is 7.60 Å². The zero-order valence-electron chi connectivity index (χ0n) is 11.7. The lowest BCUT2D eigenvalue weighted by molar-refractivity contribution is -0.258. The Morgan fingerprint density at radius 1 is 1.25 bits per heavy atom. The monoisotopic (exact) mass is 308 g/mol. The second-order valence-electron chi connectivity index (χ2n) is 4.59. The van der Waals surface area contributed by atoms with Crippen LogP contribution in [-0.4, -0.2) is 27.9 Å². The Bertz CT molecular complexity index is 399. The Morgan fingerprint density at radius 3 is 2.30 bits per heavy atom. The summed E-state index contributed by atoms with van der Waals surface area (Å²) in [6.07, 6.45) is 2.01. The number of carbonyl (C=O) groups excluding carboxylic acids is 2. The van der Waals surface area contributed by atoms with Gasteiger partial charge < -0.3 is 9.79 Å². The molecule has 0 saturated carbocycles. The average Bonchev–Trinajstić information content (AvgIpc) is 2.32. The molecular weight excluding hydrogens is 287 g/mol. The van der Waals surface area contributed by atoms with Crippen LogP contribution in [0.5, 0.6) is 0 Å². The molecule has 7 nitrogen and oxygen atoms in total. The van der Waals surface area contributed by atoms with Gasteiger partial charge in [-0.05, 0) is 13.3 Å². The molecule has 0 saturated heterocycles. The summed E-state index contributed by atoms with van der Waals surface area (Å²) in [5.74, 6) is -2.86. The third-order valence-electron chi connectivity index (χ3n) is 2.50. The van der Waals surface area contributed by atoms with Crippen LogP contribution in [0.3, 0.4) is 0 Å². The molecule has 0 aromatic heterocycles. The summed E-state index contributed by atoms with van der Waals surface area (Å²) in [6.45, 7) is 6.65. The fourth-order valence-corrected chi connectivity index (χ4v) is 2.34. The molecule has 0 spiro atoms. The lowest BCUT2D eigenvalue weighted by Gasteiger charge is -2.15. The van der Waals surface area contributed by atoms with Gasteiger partial charge in [0, 0.05) is 5.57 Å². The molecule has 0 rings (SSSR count). The summed E-state index contributed by atoms with van der Waals surface area (Å²) in [6, 6.07) is 0. The van der Waals surface area contributed by atoms with Gasteiger partial charge in [0.2, 0.25) is 0 Å². The van der Waals surface area contributed by atoms with E-state index < -0.39 is 31.6 Å². The minimum atomic E-state index is -4.35. The molecule has 1 atom stereocenters. The average molecular weight is 308 g/mol. The molecule has 8 heteroatoms. The van der Waals surface area contributed by atoms with E-state index in [4.69, 9.17) is 9.79 Å². The van der Waals surface area contributed by atoms with E-state index in [0.29, 0.717) is 6.42 Å². The second kappa shape index (κ2) is 8.89. The molecule has 0 aliphatic carbocycles. The highest BCUT2D eigenvalue weighted by atomic mass is 31.2. The largest absolute Gasteiger partial charge is 0.381 e. The zero-order chi connectivity index (χ0) is 15.8. The van der Waals surface area contributed by atoms with Gasteiger partial charge in [-0.1, -0.05) is 32.8 Å². The van der Waals surface area contributed by atoms with E-state index in [1.807, 2.05) is 6.92 Å². The molecule has 0 heterocycles. The predicted octanol–water partition coefficient (Wildman–Crippen LogP) is 1.94. The minimum Gasteiger partial charge on any atom is -0.324 e. The Kier molecular flexibility index (Phi) is 8.37. The summed E-state index contributed by atoms with van der Waals surface area (Å²) in [7, 11) is -4.35. The van der Waals surface area contributed by atoms with E-state index >= 15 is 0 Å². The number of hydrogen-bond acceptors (Lipinski definition) is 5. The predicted molar refractivity (Wildman–Crippen MR) is 71.5 cm³/mol. The van der Waals surface area contributed by atoms with Crippen molar-refractivity contribution in [3.8, 4) is 0 Å². The molecular formula is C12H21O7P.